The molecule has 1 saturated heterocycles. The van der Waals surface area contributed by atoms with Gasteiger partial charge in [-0.3, -0.25) is 0 Å². The van der Waals surface area contributed by atoms with E-state index in [2.05, 4.69) is 6.08 Å². The van der Waals surface area contributed by atoms with E-state index in [-0.39, 0.29) is 6.29 Å². The Balaban J connectivity index is 2.17. The van der Waals surface area contributed by atoms with Gasteiger partial charge in [0.25, 0.3) is 0 Å². The summed E-state index contributed by atoms with van der Waals surface area (Å²) in [5.74, 6) is 0. The lowest BCUT2D eigenvalue weighted by atomic mass is 10.2. The van der Waals surface area contributed by atoms with Gasteiger partial charge >= 0.3 is 0 Å². The number of fused-ring (bicyclic) bond motifs is 2. The first-order valence-electron chi connectivity index (χ1n) is 2.89. The zero-order valence-corrected chi connectivity index (χ0v) is 4.54. The van der Waals surface area contributed by atoms with E-state index in [9.17, 15) is 0 Å². The molecule has 0 radical (unpaired) electrons. The van der Waals surface area contributed by atoms with Crippen LogP contribution in [0.4, 0.5) is 0 Å². The van der Waals surface area contributed by atoms with Gasteiger partial charge in [0.2, 0.25) is 0 Å². The summed E-state index contributed by atoms with van der Waals surface area (Å²) in [6.07, 6.45) is 5.44. The zero-order valence-electron chi connectivity index (χ0n) is 4.54. The molecule has 0 aromatic carbocycles. The van der Waals surface area contributed by atoms with Crippen molar-refractivity contribution in [2.24, 2.45) is 0 Å². The van der Waals surface area contributed by atoms with Crippen LogP contribution in [0, 0.1) is 0 Å². The fraction of sp³-hybridized carbons (Fsp3) is 0.667. The third-order valence-electron chi connectivity index (χ3n) is 1.47. The fourth-order valence-electron chi connectivity index (χ4n) is 1.04. The second kappa shape index (κ2) is 1.57. The molecular weight excluding hydrogens is 104 g/mol. The van der Waals surface area contributed by atoms with E-state index in [0.29, 0.717) is 6.10 Å². The molecule has 0 aromatic rings. The van der Waals surface area contributed by atoms with Gasteiger partial charge in [0, 0.05) is 0 Å². The van der Waals surface area contributed by atoms with E-state index in [4.69, 9.17) is 9.47 Å². The standard InChI is InChI=1S/C6H8O2/c1-2-5-4-7-6(3-1)8-5/h1,3,5-6H,2,4H2/t5-,6+/m0/s1. The van der Waals surface area contributed by atoms with Gasteiger partial charge in [0.15, 0.2) is 6.29 Å². The largest absolute Gasteiger partial charge is 0.346 e. The van der Waals surface area contributed by atoms with Gasteiger partial charge in [-0.05, 0) is 12.5 Å². The maximum absolute atomic E-state index is 5.29. The molecule has 0 N–H and O–H groups in total. The van der Waals surface area contributed by atoms with Crippen molar-refractivity contribution in [1.29, 1.82) is 0 Å². The Morgan fingerprint density at radius 3 is 3.25 bits per heavy atom. The first kappa shape index (κ1) is 4.53. The molecule has 0 spiro atoms. The number of hydrogen-bond donors (Lipinski definition) is 0. The summed E-state index contributed by atoms with van der Waals surface area (Å²) >= 11 is 0. The van der Waals surface area contributed by atoms with E-state index >= 15 is 0 Å². The second-order valence-corrected chi connectivity index (χ2v) is 2.12. The van der Waals surface area contributed by atoms with Crippen molar-refractivity contribution in [2.45, 2.75) is 18.8 Å². The average molecular weight is 112 g/mol. The molecule has 0 saturated carbocycles. The van der Waals surface area contributed by atoms with Gasteiger partial charge in [-0.2, -0.15) is 0 Å². The summed E-state index contributed by atoms with van der Waals surface area (Å²) in [6, 6.07) is 0. The normalized spacial score (nSPS) is 43.0. The highest BCUT2D eigenvalue weighted by Crippen LogP contribution is 2.20. The molecule has 1 fully saturated rings. The molecule has 2 aliphatic heterocycles. The van der Waals surface area contributed by atoms with Crippen molar-refractivity contribution < 1.29 is 9.47 Å². The quantitative estimate of drug-likeness (QED) is 0.429. The molecule has 2 aliphatic rings. The molecule has 2 atom stereocenters. The van der Waals surface area contributed by atoms with Crippen molar-refractivity contribution in [3.63, 3.8) is 0 Å². The third kappa shape index (κ3) is 0.572. The summed E-state index contributed by atoms with van der Waals surface area (Å²) in [6.45, 7) is 0.775. The smallest absolute Gasteiger partial charge is 0.177 e. The predicted octanol–water partition coefficient (Wildman–Crippen LogP) is 0.688. The monoisotopic (exact) mass is 112 g/mol. The maximum atomic E-state index is 5.29. The van der Waals surface area contributed by atoms with Crippen LogP contribution in [-0.4, -0.2) is 19.0 Å². The lowest BCUT2D eigenvalue weighted by Crippen LogP contribution is -2.13. The highest BCUT2D eigenvalue weighted by molar-refractivity contribution is 4.95. The van der Waals surface area contributed by atoms with Crippen LogP contribution in [0.2, 0.25) is 0 Å². The SMILES string of the molecule is C1=C[C@@H]2OC[C@H](C1)O2. The summed E-state index contributed by atoms with van der Waals surface area (Å²) in [4.78, 5) is 0. The molecule has 0 amide bonds. The molecule has 2 rings (SSSR count). The topological polar surface area (TPSA) is 18.5 Å². The minimum atomic E-state index is -0.0197. The highest BCUT2D eigenvalue weighted by atomic mass is 16.7. The average Bonchev–Trinajstić information content (AvgIpc) is 2.12. The molecule has 0 aromatic heterocycles. The number of rotatable bonds is 0. The Bertz CT molecular complexity index is 120. The Labute approximate surface area is 48.1 Å². The van der Waals surface area contributed by atoms with Crippen LogP contribution in [0.5, 0.6) is 0 Å². The highest BCUT2D eigenvalue weighted by Gasteiger charge is 2.25. The summed E-state index contributed by atoms with van der Waals surface area (Å²) in [5.41, 5.74) is 0. The first-order valence-corrected chi connectivity index (χ1v) is 2.89. The molecule has 44 valence electrons. The van der Waals surface area contributed by atoms with E-state index in [0.717, 1.165) is 13.0 Å². The minimum absolute atomic E-state index is 0.0197. The van der Waals surface area contributed by atoms with Crippen LogP contribution < -0.4 is 0 Å². The van der Waals surface area contributed by atoms with Crippen LogP contribution in [-0.2, 0) is 9.47 Å². The minimum Gasteiger partial charge on any atom is -0.346 e. The molecule has 0 unspecified atom stereocenters. The van der Waals surface area contributed by atoms with Gasteiger partial charge in [-0.1, -0.05) is 6.08 Å². The lowest BCUT2D eigenvalue weighted by molar-refractivity contribution is -0.0247. The van der Waals surface area contributed by atoms with Gasteiger partial charge in [0.05, 0.1) is 12.7 Å². The summed E-state index contributed by atoms with van der Waals surface area (Å²) in [7, 11) is 0. The number of ether oxygens (including phenoxy) is 2. The summed E-state index contributed by atoms with van der Waals surface area (Å²) in [5, 5.41) is 0. The van der Waals surface area contributed by atoms with Gasteiger partial charge in [-0.25, -0.2) is 0 Å². The van der Waals surface area contributed by atoms with Crippen molar-refractivity contribution in [3.8, 4) is 0 Å². The molecule has 8 heavy (non-hydrogen) atoms. The second-order valence-electron chi connectivity index (χ2n) is 2.12. The molecule has 2 heteroatoms. The van der Waals surface area contributed by atoms with Crippen molar-refractivity contribution in [3.05, 3.63) is 12.2 Å². The molecule has 2 bridgehead atoms. The van der Waals surface area contributed by atoms with Crippen LogP contribution >= 0.6 is 0 Å². The van der Waals surface area contributed by atoms with Crippen molar-refractivity contribution in [1.82, 2.24) is 0 Å². The lowest BCUT2D eigenvalue weighted by Gasteiger charge is -2.09. The van der Waals surface area contributed by atoms with Crippen molar-refractivity contribution >= 4 is 0 Å². The van der Waals surface area contributed by atoms with E-state index < -0.39 is 0 Å². The molecular formula is C6H8O2. The Hall–Kier alpha value is -0.340. The van der Waals surface area contributed by atoms with E-state index in [1.165, 1.54) is 0 Å². The molecule has 2 heterocycles. The van der Waals surface area contributed by atoms with Gasteiger partial charge in [-0.15, -0.1) is 0 Å². The van der Waals surface area contributed by atoms with Gasteiger partial charge < -0.3 is 9.47 Å². The van der Waals surface area contributed by atoms with E-state index in [1.54, 1.807) is 0 Å². The zero-order chi connectivity index (χ0) is 5.40. The van der Waals surface area contributed by atoms with Crippen LogP contribution in [0.25, 0.3) is 0 Å². The van der Waals surface area contributed by atoms with Crippen LogP contribution in [0.15, 0.2) is 12.2 Å². The summed E-state index contributed by atoms with van der Waals surface area (Å²) < 4.78 is 10.5. The van der Waals surface area contributed by atoms with Gasteiger partial charge in [0.1, 0.15) is 0 Å². The Morgan fingerprint density at radius 1 is 1.50 bits per heavy atom. The Morgan fingerprint density at radius 2 is 2.50 bits per heavy atom. The third-order valence-corrected chi connectivity index (χ3v) is 1.47. The fourth-order valence-corrected chi connectivity index (χ4v) is 1.04. The van der Waals surface area contributed by atoms with E-state index in [1.807, 2.05) is 6.08 Å². The maximum Gasteiger partial charge on any atom is 0.177 e. The predicted molar refractivity (Wildman–Crippen MR) is 28.4 cm³/mol. The Kier molecular flexibility index (Phi) is 0.889. The molecule has 0 aliphatic carbocycles. The van der Waals surface area contributed by atoms with Crippen LogP contribution in [0.3, 0.4) is 0 Å². The first-order chi connectivity index (χ1) is 3.95. The molecule has 2 nitrogen and oxygen atoms in total. The van der Waals surface area contributed by atoms with Crippen LogP contribution in [0.1, 0.15) is 6.42 Å². The number of hydrogen-bond acceptors (Lipinski definition) is 2. The van der Waals surface area contributed by atoms with Crippen molar-refractivity contribution in [2.75, 3.05) is 6.61 Å².